The first-order valence-electron chi connectivity index (χ1n) is 6.54. The van der Waals surface area contributed by atoms with Gasteiger partial charge in [-0.15, -0.1) is 0 Å². The van der Waals surface area contributed by atoms with Gasteiger partial charge in [0.2, 0.25) is 0 Å². The molecular weight excluding hydrogens is 218 g/mol. The quantitative estimate of drug-likeness (QED) is 0.472. The zero-order valence-corrected chi connectivity index (χ0v) is 11.6. The lowest BCUT2D eigenvalue weighted by molar-refractivity contribution is -0.143. The van der Waals surface area contributed by atoms with Gasteiger partial charge in [0.15, 0.2) is 0 Å². The number of nitrogens with one attached hydrogen (secondary N) is 1. The Morgan fingerprint density at radius 1 is 1.29 bits per heavy atom. The Hall–Kier alpha value is -0.610. The highest BCUT2D eigenvalue weighted by Crippen LogP contribution is 2.05. The summed E-state index contributed by atoms with van der Waals surface area (Å²) in [5.41, 5.74) is 0. The molecule has 0 saturated heterocycles. The van der Waals surface area contributed by atoms with Crippen molar-refractivity contribution in [3.63, 3.8) is 0 Å². The van der Waals surface area contributed by atoms with Crippen LogP contribution in [0.15, 0.2) is 0 Å². The maximum atomic E-state index is 11.4. The molecule has 0 spiro atoms. The molecule has 0 saturated carbocycles. The Bertz CT molecular complexity index is 197. The standard InChI is InChI=1S/C13H27NO3/c1-5-7-11(3)10-17-9-8-12(14-6-2)13(15)16-4/h11-12,14H,5-10H2,1-4H3. The van der Waals surface area contributed by atoms with Crippen LogP contribution in [0, 0.1) is 5.92 Å². The van der Waals surface area contributed by atoms with Crippen molar-refractivity contribution in [3.05, 3.63) is 0 Å². The van der Waals surface area contributed by atoms with Crippen LogP contribution in [-0.2, 0) is 14.3 Å². The Labute approximate surface area is 105 Å². The van der Waals surface area contributed by atoms with Crippen molar-refractivity contribution >= 4 is 5.97 Å². The molecule has 2 unspecified atom stereocenters. The van der Waals surface area contributed by atoms with E-state index in [1.54, 1.807) is 0 Å². The van der Waals surface area contributed by atoms with Gasteiger partial charge in [-0.1, -0.05) is 27.2 Å². The second-order valence-corrected chi connectivity index (χ2v) is 4.39. The van der Waals surface area contributed by atoms with E-state index in [4.69, 9.17) is 9.47 Å². The fourth-order valence-corrected chi connectivity index (χ4v) is 1.75. The van der Waals surface area contributed by atoms with Gasteiger partial charge in [-0.05, 0) is 25.3 Å². The van der Waals surface area contributed by atoms with Crippen molar-refractivity contribution in [2.75, 3.05) is 26.9 Å². The number of methoxy groups -OCH3 is 1. The topological polar surface area (TPSA) is 47.6 Å². The van der Waals surface area contributed by atoms with E-state index in [2.05, 4.69) is 19.2 Å². The number of carbonyl (C=O) groups excluding carboxylic acids is 1. The van der Waals surface area contributed by atoms with Crippen molar-refractivity contribution in [2.45, 2.75) is 46.1 Å². The summed E-state index contributed by atoms with van der Waals surface area (Å²) in [7, 11) is 1.41. The lowest BCUT2D eigenvalue weighted by Gasteiger charge is -2.16. The zero-order valence-electron chi connectivity index (χ0n) is 11.6. The molecule has 0 rings (SSSR count). The number of hydrogen-bond donors (Lipinski definition) is 1. The number of likely N-dealkylation sites (N-methyl/N-ethyl adjacent to an activating group) is 1. The van der Waals surface area contributed by atoms with E-state index < -0.39 is 0 Å². The molecule has 1 N–H and O–H groups in total. The summed E-state index contributed by atoms with van der Waals surface area (Å²) in [6, 6.07) is -0.244. The first kappa shape index (κ1) is 16.4. The molecule has 0 heterocycles. The normalized spacial score (nSPS) is 14.4. The molecule has 0 aliphatic heterocycles. The highest BCUT2D eigenvalue weighted by atomic mass is 16.5. The second kappa shape index (κ2) is 10.5. The predicted octanol–water partition coefficient (Wildman–Crippen LogP) is 1.98. The van der Waals surface area contributed by atoms with E-state index in [1.165, 1.54) is 20.0 Å². The van der Waals surface area contributed by atoms with Gasteiger partial charge in [-0.25, -0.2) is 0 Å². The molecule has 0 aliphatic carbocycles. The van der Waals surface area contributed by atoms with E-state index in [-0.39, 0.29) is 12.0 Å². The molecule has 0 aromatic rings. The molecule has 0 aliphatic rings. The maximum Gasteiger partial charge on any atom is 0.322 e. The minimum absolute atomic E-state index is 0.211. The van der Waals surface area contributed by atoms with Crippen LogP contribution in [0.4, 0.5) is 0 Å². The molecule has 102 valence electrons. The minimum atomic E-state index is -0.244. The van der Waals surface area contributed by atoms with Gasteiger partial charge >= 0.3 is 5.97 Å². The average Bonchev–Trinajstić information content (AvgIpc) is 2.32. The summed E-state index contributed by atoms with van der Waals surface area (Å²) in [6.07, 6.45) is 3.04. The Morgan fingerprint density at radius 2 is 2.00 bits per heavy atom. The third-order valence-electron chi connectivity index (χ3n) is 2.67. The largest absolute Gasteiger partial charge is 0.468 e. The van der Waals surface area contributed by atoms with Crippen LogP contribution in [0.5, 0.6) is 0 Å². The van der Waals surface area contributed by atoms with Crippen molar-refractivity contribution < 1.29 is 14.3 Å². The summed E-state index contributed by atoms with van der Waals surface area (Å²) < 4.78 is 10.3. The lowest BCUT2D eigenvalue weighted by atomic mass is 10.1. The van der Waals surface area contributed by atoms with E-state index in [0.717, 1.165) is 13.2 Å². The van der Waals surface area contributed by atoms with Crippen LogP contribution in [0.1, 0.15) is 40.0 Å². The fourth-order valence-electron chi connectivity index (χ4n) is 1.75. The van der Waals surface area contributed by atoms with Gasteiger partial charge in [0.1, 0.15) is 6.04 Å². The van der Waals surface area contributed by atoms with E-state index in [9.17, 15) is 4.79 Å². The lowest BCUT2D eigenvalue weighted by Crippen LogP contribution is -2.38. The molecule has 0 fully saturated rings. The molecule has 0 aromatic carbocycles. The summed E-state index contributed by atoms with van der Waals surface area (Å²) in [5, 5.41) is 3.09. The Balaban J connectivity index is 3.71. The molecule has 0 bridgehead atoms. The van der Waals surface area contributed by atoms with Crippen molar-refractivity contribution in [1.82, 2.24) is 5.32 Å². The highest BCUT2D eigenvalue weighted by molar-refractivity contribution is 5.75. The van der Waals surface area contributed by atoms with Gasteiger partial charge < -0.3 is 14.8 Å². The van der Waals surface area contributed by atoms with Crippen LogP contribution < -0.4 is 5.32 Å². The summed E-state index contributed by atoms with van der Waals surface area (Å²) in [5.74, 6) is 0.382. The van der Waals surface area contributed by atoms with Gasteiger partial charge in [0, 0.05) is 13.2 Å². The van der Waals surface area contributed by atoms with Crippen molar-refractivity contribution in [3.8, 4) is 0 Å². The number of hydrogen-bond acceptors (Lipinski definition) is 4. The van der Waals surface area contributed by atoms with Crippen LogP contribution in [0.2, 0.25) is 0 Å². The van der Waals surface area contributed by atoms with Gasteiger partial charge in [-0.2, -0.15) is 0 Å². The highest BCUT2D eigenvalue weighted by Gasteiger charge is 2.17. The van der Waals surface area contributed by atoms with Gasteiger partial charge in [0.05, 0.1) is 7.11 Å². The molecule has 17 heavy (non-hydrogen) atoms. The second-order valence-electron chi connectivity index (χ2n) is 4.39. The van der Waals surface area contributed by atoms with E-state index in [1.807, 2.05) is 6.92 Å². The van der Waals surface area contributed by atoms with E-state index in [0.29, 0.717) is 18.9 Å². The van der Waals surface area contributed by atoms with Crippen molar-refractivity contribution in [2.24, 2.45) is 5.92 Å². The maximum absolute atomic E-state index is 11.4. The minimum Gasteiger partial charge on any atom is -0.468 e. The number of carbonyl (C=O) groups is 1. The third-order valence-corrected chi connectivity index (χ3v) is 2.67. The van der Waals surface area contributed by atoms with Crippen LogP contribution in [0.25, 0.3) is 0 Å². The SMILES string of the molecule is CCCC(C)COCCC(NCC)C(=O)OC. The summed E-state index contributed by atoms with van der Waals surface area (Å²) in [4.78, 5) is 11.4. The van der Waals surface area contributed by atoms with Gasteiger partial charge in [-0.3, -0.25) is 4.79 Å². The third kappa shape index (κ3) is 8.16. The van der Waals surface area contributed by atoms with E-state index >= 15 is 0 Å². The molecule has 0 aromatic heterocycles. The number of ether oxygens (including phenoxy) is 2. The monoisotopic (exact) mass is 245 g/mol. The average molecular weight is 245 g/mol. The van der Waals surface area contributed by atoms with Crippen molar-refractivity contribution in [1.29, 1.82) is 0 Å². The smallest absolute Gasteiger partial charge is 0.322 e. The first-order chi connectivity index (χ1) is 8.15. The zero-order chi connectivity index (χ0) is 13.1. The molecule has 0 radical (unpaired) electrons. The molecule has 0 amide bonds. The van der Waals surface area contributed by atoms with Gasteiger partial charge in [0.25, 0.3) is 0 Å². The van der Waals surface area contributed by atoms with Crippen LogP contribution in [0.3, 0.4) is 0 Å². The fraction of sp³-hybridized carbons (Fsp3) is 0.923. The number of rotatable bonds is 10. The molecular formula is C13H27NO3. The summed E-state index contributed by atoms with van der Waals surface area (Å²) >= 11 is 0. The Kier molecular flexibility index (Phi) is 10.2. The molecule has 2 atom stereocenters. The summed E-state index contributed by atoms with van der Waals surface area (Å²) in [6.45, 7) is 8.46. The Morgan fingerprint density at radius 3 is 2.53 bits per heavy atom. The predicted molar refractivity (Wildman–Crippen MR) is 69.0 cm³/mol. The number of esters is 1. The first-order valence-corrected chi connectivity index (χ1v) is 6.54. The van der Waals surface area contributed by atoms with Crippen LogP contribution in [-0.4, -0.2) is 38.9 Å². The molecule has 4 heteroatoms. The van der Waals surface area contributed by atoms with Crippen LogP contribution >= 0.6 is 0 Å². The molecule has 4 nitrogen and oxygen atoms in total.